The highest BCUT2D eigenvalue weighted by Gasteiger charge is 2.07. The maximum absolute atomic E-state index is 12.2. The van der Waals surface area contributed by atoms with Gasteiger partial charge in [-0.2, -0.15) is 0 Å². The summed E-state index contributed by atoms with van der Waals surface area (Å²) >= 11 is 0. The van der Waals surface area contributed by atoms with Crippen LogP contribution in [0, 0.1) is 0 Å². The van der Waals surface area contributed by atoms with Gasteiger partial charge in [-0.3, -0.25) is 4.79 Å². The molecule has 0 saturated heterocycles. The highest BCUT2D eigenvalue weighted by Crippen LogP contribution is 2.14. The first-order valence-corrected chi connectivity index (χ1v) is 7.59. The van der Waals surface area contributed by atoms with Crippen molar-refractivity contribution in [2.24, 2.45) is 0 Å². The number of ether oxygens (including phenoxy) is 1. The number of pyridine rings is 1. The van der Waals surface area contributed by atoms with E-state index in [-0.39, 0.29) is 12.0 Å². The normalized spacial score (nSPS) is 10.9. The number of carbonyl (C=O) groups is 1. The molecule has 0 aliphatic rings. The monoisotopic (exact) mass is 309 g/mol. The molecule has 0 bridgehead atoms. The van der Waals surface area contributed by atoms with Crippen LogP contribution in [-0.4, -0.2) is 22.0 Å². The quantitative estimate of drug-likeness (QED) is 0.760. The molecular formula is C18H19N3O2. The number of benzene rings is 1. The van der Waals surface area contributed by atoms with Crippen molar-refractivity contribution in [3.05, 3.63) is 59.9 Å². The van der Waals surface area contributed by atoms with Crippen molar-refractivity contribution in [1.82, 2.24) is 15.3 Å². The molecule has 23 heavy (non-hydrogen) atoms. The third kappa shape index (κ3) is 3.69. The van der Waals surface area contributed by atoms with E-state index < -0.39 is 0 Å². The number of hydrogen-bond donors (Lipinski definition) is 2. The van der Waals surface area contributed by atoms with Gasteiger partial charge in [0.2, 0.25) is 5.88 Å². The average molecular weight is 309 g/mol. The van der Waals surface area contributed by atoms with E-state index in [9.17, 15) is 4.79 Å². The fourth-order valence-electron chi connectivity index (χ4n) is 2.32. The molecule has 0 atom stereocenters. The Morgan fingerprint density at radius 3 is 2.87 bits per heavy atom. The number of aromatic amines is 1. The third-order valence-electron chi connectivity index (χ3n) is 3.43. The van der Waals surface area contributed by atoms with Crippen LogP contribution >= 0.6 is 0 Å². The summed E-state index contributed by atoms with van der Waals surface area (Å²) in [5, 5.41) is 4.06. The van der Waals surface area contributed by atoms with E-state index in [1.54, 1.807) is 12.1 Å². The second kappa shape index (κ2) is 6.52. The Morgan fingerprint density at radius 2 is 2.13 bits per heavy atom. The van der Waals surface area contributed by atoms with Gasteiger partial charge >= 0.3 is 0 Å². The molecule has 0 saturated carbocycles. The predicted molar refractivity (Wildman–Crippen MR) is 89.5 cm³/mol. The van der Waals surface area contributed by atoms with Gasteiger partial charge in [-0.05, 0) is 43.0 Å². The van der Waals surface area contributed by atoms with Crippen LogP contribution in [0.3, 0.4) is 0 Å². The van der Waals surface area contributed by atoms with Crippen LogP contribution in [0.4, 0.5) is 0 Å². The molecule has 2 N–H and O–H groups in total. The lowest BCUT2D eigenvalue weighted by Gasteiger charge is -2.09. The molecule has 5 heteroatoms. The highest BCUT2D eigenvalue weighted by molar-refractivity contribution is 5.93. The zero-order valence-electron chi connectivity index (χ0n) is 13.2. The lowest BCUT2D eigenvalue weighted by atomic mass is 10.1. The Balaban J connectivity index is 1.62. The molecule has 5 nitrogen and oxygen atoms in total. The molecule has 0 aliphatic carbocycles. The maximum atomic E-state index is 12.2. The molecular weight excluding hydrogens is 290 g/mol. The van der Waals surface area contributed by atoms with E-state index in [2.05, 4.69) is 15.3 Å². The van der Waals surface area contributed by atoms with Crippen molar-refractivity contribution < 1.29 is 9.53 Å². The number of rotatable bonds is 5. The molecule has 0 radical (unpaired) electrons. The number of aromatic nitrogens is 2. The van der Waals surface area contributed by atoms with Crippen LogP contribution < -0.4 is 10.1 Å². The van der Waals surface area contributed by atoms with E-state index in [4.69, 9.17) is 4.74 Å². The van der Waals surface area contributed by atoms with Crippen molar-refractivity contribution in [3.8, 4) is 5.88 Å². The van der Waals surface area contributed by atoms with Crippen LogP contribution in [0.15, 0.2) is 48.8 Å². The van der Waals surface area contributed by atoms with Gasteiger partial charge in [-0.1, -0.05) is 12.1 Å². The number of H-pyrrole nitrogens is 1. The fraction of sp³-hybridized carbons (Fsp3) is 0.222. The minimum Gasteiger partial charge on any atom is -0.475 e. The summed E-state index contributed by atoms with van der Waals surface area (Å²) in [6.45, 7) is 4.34. The molecule has 0 unspecified atom stereocenters. The van der Waals surface area contributed by atoms with Gasteiger partial charge in [0.15, 0.2) is 0 Å². The molecule has 2 aromatic heterocycles. The zero-order chi connectivity index (χ0) is 16.2. The summed E-state index contributed by atoms with van der Waals surface area (Å²) in [5.41, 5.74) is 2.62. The predicted octanol–water partition coefficient (Wildman–Crippen LogP) is 3.28. The summed E-state index contributed by atoms with van der Waals surface area (Å²) < 4.78 is 5.47. The Bertz CT molecular complexity index is 807. The minimum atomic E-state index is -0.153. The van der Waals surface area contributed by atoms with Gasteiger partial charge < -0.3 is 15.0 Å². The van der Waals surface area contributed by atoms with Gasteiger partial charge in [0.05, 0.1) is 11.7 Å². The van der Waals surface area contributed by atoms with E-state index in [1.165, 1.54) is 6.20 Å². The summed E-state index contributed by atoms with van der Waals surface area (Å²) in [6, 6.07) is 11.5. The van der Waals surface area contributed by atoms with Gasteiger partial charge in [0.1, 0.15) is 0 Å². The van der Waals surface area contributed by atoms with Gasteiger partial charge in [-0.25, -0.2) is 4.98 Å². The topological polar surface area (TPSA) is 67.0 Å². The second-order valence-corrected chi connectivity index (χ2v) is 5.63. The first-order valence-electron chi connectivity index (χ1n) is 7.59. The van der Waals surface area contributed by atoms with E-state index in [1.807, 2.05) is 44.3 Å². The molecule has 0 fully saturated rings. The number of nitrogens with one attached hydrogen (secondary N) is 2. The Hall–Kier alpha value is -2.82. The summed E-state index contributed by atoms with van der Waals surface area (Å²) in [5.74, 6) is 0.369. The number of nitrogens with zero attached hydrogens (tertiary/aromatic N) is 1. The van der Waals surface area contributed by atoms with Crippen molar-refractivity contribution in [2.45, 2.75) is 26.5 Å². The molecule has 118 valence electrons. The van der Waals surface area contributed by atoms with Gasteiger partial charge in [0, 0.05) is 30.5 Å². The molecule has 0 spiro atoms. The van der Waals surface area contributed by atoms with Crippen LogP contribution in [0.25, 0.3) is 10.9 Å². The van der Waals surface area contributed by atoms with Gasteiger partial charge in [0.25, 0.3) is 5.91 Å². The van der Waals surface area contributed by atoms with Crippen LogP contribution in [0.5, 0.6) is 5.88 Å². The molecule has 1 amide bonds. The summed E-state index contributed by atoms with van der Waals surface area (Å²) in [4.78, 5) is 19.5. The number of amides is 1. The Labute approximate surface area is 134 Å². The van der Waals surface area contributed by atoms with Crippen molar-refractivity contribution in [3.63, 3.8) is 0 Å². The van der Waals surface area contributed by atoms with Crippen LogP contribution in [0.2, 0.25) is 0 Å². The first kappa shape index (κ1) is 15.1. The molecule has 3 aromatic rings. The van der Waals surface area contributed by atoms with E-state index in [0.29, 0.717) is 18.0 Å². The van der Waals surface area contributed by atoms with Crippen molar-refractivity contribution in [1.29, 1.82) is 0 Å². The zero-order valence-corrected chi connectivity index (χ0v) is 13.2. The van der Waals surface area contributed by atoms with Crippen LogP contribution in [0.1, 0.15) is 29.8 Å². The summed E-state index contributed by atoms with van der Waals surface area (Å²) in [6.07, 6.45) is 3.49. The molecule has 3 rings (SSSR count). The Kier molecular flexibility index (Phi) is 4.28. The molecule has 0 aliphatic heterocycles. The lowest BCUT2D eigenvalue weighted by molar-refractivity contribution is 0.0950. The number of carbonyl (C=O) groups excluding carboxylic acids is 1. The van der Waals surface area contributed by atoms with Crippen molar-refractivity contribution in [2.75, 3.05) is 0 Å². The molecule has 1 aromatic carbocycles. The SMILES string of the molecule is CC(C)Oc1ccc(C(=O)NCc2ccc3cc[nH]c3c2)cn1. The Morgan fingerprint density at radius 1 is 1.26 bits per heavy atom. The standard InChI is InChI=1S/C18H19N3O2/c1-12(2)23-17-6-5-15(11-20-17)18(22)21-10-13-3-4-14-7-8-19-16(14)9-13/h3-9,11-12,19H,10H2,1-2H3,(H,21,22). The minimum absolute atomic E-state index is 0.0603. The van der Waals surface area contributed by atoms with Gasteiger partial charge in [-0.15, -0.1) is 0 Å². The second-order valence-electron chi connectivity index (χ2n) is 5.63. The number of fused-ring (bicyclic) bond motifs is 1. The maximum Gasteiger partial charge on any atom is 0.253 e. The molecule has 2 heterocycles. The van der Waals surface area contributed by atoms with Crippen molar-refractivity contribution >= 4 is 16.8 Å². The summed E-state index contributed by atoms with van der Waals surface area (Å²) in [7, 11) is 0. The first-order chi connectivity index (χ1) is 11.1. The fourth-order valence-corrected chi connectivity index (χ4v) is 2.32. The van der Waals surface area contributed by atoms with E-state index in [0.717, 1.165) is 16.5 Å². The smallest absolute Gasteiger partial charge is 0.253 e. The highest BCUT2D eigenvalue weighted by atomic mass is 16.5. The van der Waals surface area contributed by atoms with E-state index >= 15 is 0 Å². The third-order valence-corrected chi connectivity index (χ3v) is 3.43. The average Bonchev–Trinajstić information content (AvgIpc) is 3.00. The largest absolute Gasteiger partial charge is 0.475 e. The van der Waals surface area contributed by atoms with Crippen LogP contribution in [-0.2, 0) is 6.54 Å². The lowest BCUT2D eigenvalue weighted by Crippen LogP contribution is -2.23. The number of hydrogen-bond acceptors (Lipinski definition) is 3.